The fourth-order valence-corrected chi connectivity index (χ4v) is 4.80. The Hall–Kier alpha value is -2.40. The minimum Gasteiger partial charge on any atom is -0.486 e. The van der Waals surface area contributed by atoms with Gasteiger partial charge in [0.2, 0.25) is 0 Å². The highest BCUT2D eigenvalue weighted by atomic mass is 32.1. The molecule has 0 bridgehead atoms. The highest BCUT2D eigenvalue weighted by Gasteiger charge is 2.32. The summed E-state index contributed by atoms with van der Waals surface area (Å²) in [5.74, 6) is 0.862. The maximum atomic E-state index is 12.3. The Balaban J connectivity index is 1.45. The van der Waals surface area contributed by atoms with Crippen molar-refractivity contribution in [3.8, 4) is 5.75 Å². The van der Waals surface area contributed by atoms with Gasteiger partial charge < -0.3 is 9.47 Å². The van der Waals surface area contributed by atoms with Crippen LogP contribution in [-0.2, 0) is 16.1 Å². The second-order valence-electron chi connectivity index (χ2n) is 6.98. The topological polar surface area (TPSA) is 48.4 Å². The van der Waals surface area contributed by atoms with Crippen LogP contribution in [0, 0.1) is 5.92 Å². The molecule has 27 heavy (non-hydrogen) atoms. The van der Waals surface area contributed by atoms with Gasteiger partial charge in [0.05, 0.1) is 23.2 Å². The molecule has 1 aromatic heterocycles. The summed E-state index contributed by atoms with van der Waals surface area (Å²) in [5, 5.41) is 0.957. The van der Waals surface area contributed by atoms with Gasteiger partial charge in [0.15, 0.2) is 0 Å². The van der Waals surface area contributed by atoms with Gasteiger partial charge in [0.25, 0.3) is 0 Å². The summed E-state index contributed by atoms with van der Waals surface area (Å²) in [7, 11) is 1.47. The molecule has 140 valence electrons. The molecule has 1 fully saturated rings. The number of rotatable bonds is 6. The third-order valence-electron chi connectivity index (χ3n) is 5.27. The number of methoxy groups -OCH3 is 1. The zero-order chi connectivity index (χ0) is 18.6. The Labute approximate surface area is 163 Å². The summed E-state index contributed by atoms with van der Waals surface area (Å²) in [6, 6.07) is 16.0. The molecule has 2 aromatic carbocycles. The Bertz CT molecular complexity index is 880. The van der Waals surface area contributed by atoms with E-state index in [1.807, 2.05) is 42.5 Å². The van der Waals surface area contributed by atoms with Crippen LogP contribution in [0.25, 0.3) is 10.2 Å². The van der Waals surface area contributed by atoms with Crippen LogP contribution in [0.2, 0.25) is 0 Å². The van der Waals surface area contributed by atoms with E-state index in [1.54, 1.807) is 11.3 Å². The molecule has 4 nitrogen and oxygen atoms in total. The fourth-order valence-electron chi connectivity index (χ4n) is 3.92. The molecule has 1 aliphatic carbocycles. The van der Waals surface area contributed by atoms with Crippen LogP contribution < -0.4 is 4.74 Å². The maximum Gasteiger partial charge on any atom is 0.313 e. The van der Waals surface area contributed by atoms with Crippen molar-refractivity contribution in [3.63, 3.8) is 0 Å². The minimum atomic E-state index is -0.171. The number of carbonyl (C=O) groups excluding carboxylic acids is 1. The van der Waals surface area contributed by atoms with E-state index in [1.165, 1.54) is 24.7 Å². The van der Waals surface area contributed by atoms with Crippen LogP contribution in [0.1, 0.15) is 42.2 Å². The number of carbonyl (C=O) groups is 1. The second kappa shape index (κ2) is 8.09. The van der Waals surface area contributed by atoms with E-state index in [9.17, 15) is 4.79 Å². The Morgan fingerprint density at radius 1 is 1.15 bits per heavy atom. The van der Waals surface area contributed by atoms with Crippen molar-refractivity contribution in [3.05, 3.63) is 59.1 Å². The van der Waals surface area contributed by atoms with E-state index >= 15 is 0 Å². The lowest BCUT2D eigenvalue weighted by atomic mass is 9.85. The summed E-state index contributed by atoms with van der Waals surface area (Å²) in [6.45, 7) is 0.446. The first-order valence-corrected chi connectivity index (χ1v) is 10.2. The molecule has 4 rings (SSSR count). The predicted octanol–water partition coefficient (Wildman–Crippen LogP) is 5.32. The number of nitrogens with zero attached hydrogens (tertiary/aromatic N) is 1. The lowest BCUT2D eigenvalue weighted by Crippen LogP contribution is -2.21. The number of hydrogen-bond acceptors (Lipinski definition) is 5. The first kappa shape index (κ1) is 18.0. The smallest absolute Gasteiger partial charge is 0.313 e. The SMILES string of the molecule is COC(=O)C(c1ccc(OCc2nc3ccccc3s2)cc1)C1CCCC1. The quantitative estimate of drug-likeness (QED) is 0.542. The molecule has 1 heterocycles. The summed E-state index contributed by atoms with van der Waals surface area (Å²) in [6.07, 6.45) is 4.58. The number of para-hydroxylation sites is 1. The molecule has 0 radical (unpaired) electrons. The molecule has 0 aliphatic heterocycles. The van der Waals surface area contributed by atoms with Crippen molar-refractivity contribution < 1.29 is 14.3 Å². The highest BCUT2D eigenvalue weighted by Crippen LogP contribution is 2.38. The molecule has 3 aromatic rings. The number of fused-ring (bicyclic) bond motifs is 1. The monoisotopic (exact) mass is 381 g/mol. The van der Waals surface area contributed by atoms with E-state index in [2.05, 4.69) is 11.1 Å². The maximum absolute atomic E-state index is 12.3. The second-order valence-corrected chi connectivity index (χ2v) is 8.09. The normalized spacial score (nSPS) is 15.7. The van der Waals surface area contributed by atoms with Crippen LogP contribution in [0.5, 0.6) is 5.75 Å². The van der Waals surface area contributed by atoms with Gasteiger partial charge in [0, 0.05) is 0 Å². The molecule has 1 unspecified atom stereocenters. The Morgan fingerprint density at radius 3 is 2.59 bits per heavy atom. The molecule has 0 amide bonds. The summed E-state index contributed by atoms with van der Waals surface area (Å²) < 4.78 is 12.1. The molecule has 0 saturated heterocycles. The van der Waals surface area contributed by atoms with Crippen LogP contribution >= 0.6 is 11.3 Å². The summed E-state index contributed by atoms with van der Waals surface area (Å²) >= 11 is 1.65. The molecule has 1 aliphatic rings. The average Bonchev–Trinajstić information content (AvgIpc) is 3.37. The lowest BCUT2D eigenvalue weighted by molar-refractivity contribution is -0.143. The van der Waals surface area contributed by atoms with E-state index in [4.69, 9.17) is 9.47 Å². The standard InChI is InChI=1S/C22H23NO3S/c1-25-22(24)21(15-6-2-3-7-15)16-10-12-17(13-11-16)26-14-20-23-18-8-4-5-9-19(18)27-20/h4-5,8-13,15,21H,2-3,6-7,14H2,1H3. The Morgan fingerprint density at radius 2 is 1.89 bits per heavy atom. The van der Waals surface area contributed by atoms with Gasteiger partial charge in [-0.15, -0.1) is 11.3 Å². The number of esters is 1. The van der Waals surface area contributed by atoms with E-state index < -0.39 is 0 Å². The van der Waals surface area contributed by atoms with E-state index in [0.29, 0.717) is 12.5 Å². The third kappa shape index (κ3) is 3.98. The predicted molar refractivity (Wildman–Crippen MR) is 107 cm³/mol. The van der Waals surface area contributed by atoms with Gasteiger partial charge in [-0.25, -0.2) is 4.98 Å². The first-order valence-electron chi connectivity index (χ1n) is 9.39. The summed E-state index contributed by atoms with van der Waals surface area (Å²) in [5.41, 5.74) is 2.02. The van der Waals surface area contributed by atoms with Gasteiger partial charge in [-0.3, -0.25) is 4.79 Å². The summed E-state index contributed by atoms with van der Waals surface area (Å²) in [4.78, 5) is 16.9. The molecule has 1 saturated carbocycles. The van der Waals surface area contributed by atoms with Gasteiger partial charge >= 0.3 is 5.97 Å². The number of aromatic nitrogens is 1. The first-order chi connectivity index (χ1) is 13.2. The average molecular weight is 381 g/mol. The minimum absolute atomic E-state index is 0.134. The van der Waals surface area contributed by atoms with E-state index in [-0.39, 0.29) is 11.9 Å². The molecular formula is C22H23NO3S. The van der Waals surface area contributed by atoms with Crippen molar-refractivity contribution in [2.75, 3.05) is 7.11 Å². The molecule has 0 spiro atoms. The zero-order valence-corrected chi connectivity index (χ0v) is 16.2. The van der Waals surface area contributed by atoms with Crippen LogP contribution in [-0.4, -0.2) is 18.1 Å². The van der Waals surface area contributed by atoms with Crippen molar-refractivity contribution in [1.29, 1.82) is 0 Å². The molecule has 5 heteroatoms. The molecular weight excluding hydrogens is 358 g/mol. The van der Waals surface area contributed by atoms with Crippen LogP contribution in [0.15, 0.2) is 48.5 Å². The number of benzene rings is 2. The van der Waals surface area contributed by atoms with Crippen molar-refractivity contribution in [2.24, 2.45) is 5.92 Å². The van der Waals surface area contributed by atoms with Crippen molar-refractivity contribution in [1.82, 2.24) is 4.98 Å². The number of ether oxygens (including phenoxy) is 2. The van der Waals surface area contributed by atoms with Crippen molar-refractivity contribution >= 4 is 27.5 Å². The molecule has 0 N–H and O–H groups in total. The fraction of sp³-hybridized carbons (Fsp3) is 0.364. The zero-order valence-electron chi connectivity index (χ0n) is 15.4. The van der Waals surface area contributed by atoms with E-state index in [0.717, 1.165) is 34.7 Å². The molecule has 1 atom stereocenters. The highest BCUT2D eigenvalue weighted by molar-refractivity contribution is 7.18. The third-order valence-corrected chi connectivity index (χ3v) is 6.28. The van der Waals surface area contributed by atoms with Gasteiger partial charge in [0.1, 0.15) is 17.4 Å². The van der Waals surface area contributed by atoms with Gasteiger partial charge in [-0.1, -0.05) is 37.1 Å². The van der Waals surface area contributed by atoms with Crippen LogP contribution in [0.4, 0.5) is 0 Å². The van der Waals surface area contributed by atoms with Gasteiger partial charge in [-0.05, 0) is 48.6 Å². The largest absolute Gasteiger partial charge is 0.486 e. The lowest BCUT2D eigenvalue weighted by Gasteiger charge is -2.21. The number of hydrogen-bond donors (Lipinski definition) is 0. The van der Waals surface area contributed by atoms with Crippen molar-refractivity contribution in [2.45, 2.75) is 38.2 Å². The van der Waals surface area contributed by atoms with Crippen LogP contribution in [0.3, 0.4) is 0 Å². The Kier molecular flexibility index (Phi) is 5.39. The van der Waals surface area contributed by atoms with Gasteiger partial charge in [-0.2, -0.15) is 0 Å². The number of thiazole rings is 1.